The van der Waals surface area contributed by atoms with Crippen LogP contribution >= 0.6 is 0 Å². The zero-order valence-electron chi connectivity index (χ0n) is 13.0. The number of amides is 2. The van der Waals surface area contributed by atoms with Crippen LogP contribution in [-0.2, 0) is 4.79 Å². The van der Waals surface area contributed by atoms with Gasteiger partial charge in [0.2, 0.25) is 5.91 Å². The Balaban J connectivity index is 2.01. The fraction of sp³-hybridized carbons (Fsp3) is 0.294. The number of benzene rings is 1. The maximum atomic E-state index is 11.9. The van der Waals surface area contributed by atoms with Gasteiger partial charge in [-0.05, 0) is 35.7 Å². The molecule has 1 heterocycles. The highest BCUT2D eigenvalue weighted by atomic mass is 16.3. The quantitative estimate of drug-likeness (QED) is 0.899. The van der Waals surface area contributed by atoms with Crippen molar-refractivity contribution in [3.05, 3.63) is 48.4 Å². The van der Waals surface area contributed by atoms with Crippen molar-refractivity contribution in [1.82, 2.24) is 0 Å². The Kier molecular flexibility index (Phi) is 4.65. The first-order valence-electron chi connectivity index (χ1n) is 7.08. The van der Waals surface area contributed by atoms with Crippen molar-refractivity contribution in [2.75, 3.05) is 10.6 Å². The second kappa shape index (κ2) is 6.47. The van der Waals surface area contributed by atoms with E-state index >= 15 is 0 Å². The van der Waals surface area contributed by atoms with Gasteiger partial charge in [-0.2, -0.15) is 0 Å². The SMILES string of the molecule is CC(C)(C)CC(=O)Nc1cccc(NC(=O)c2ccco2)c1. The minimum atomic E-state index is -0.330. The molecule has 116 valence electrons. The highest BCUT2D eigenvalue weighted by Crippen LogP contribution is 2.21. The lowest BCUT2D eigenvalue weighted by atomic mass is 9.92. The van der Waals surface area contributed by atoms with Crippen LogP contribution in [0.15, 0.2) is 47.1 Å². The molecule has 5 heteroatoms. The Morgan fingerprint density at radius 1 is 1.05 bits per heavy atom. The molecule has 2 amide bonds. The van der Waals surface area contributed by atoms with E-state index in [0.717, 1.165) is 0 Å². The van der Waals surface area contributed by atoms with E-state index in [-0.39, 0.29) is 23.0 Å². The van der Waals surface area contributed by atoms with E-state index in [1.54, 1.807) is 36.4 Å². The van der Waals surface area contributed by atoms with Crippen molar-refractivity contribution in [2.45, 2.75) is 27.2 Å². The van der Waals surface area contributed by atoms with Gasteiger partial charge < -0.3 is 15.1 Å². The van der Waals surface area contributed by atoms with E-state index in [0.29, 0.717) is 17.8 Å². The Hall–Kier alpha value is -2.56. The van der Waals surface area contributed by atoms with Gasteiger partial charge in [-0.25, -0.2) is 0 Å². The highest BCUT2D eigenvalue weighted by molar-refractivity contribution is 6.02. The lowest BCUT2D eigenvalue weighted by Gasteiger charge is -2.17. The number of nitrogens with one attached hydrogen (secondary N) is 2. The third kappa shape index (κ3) is 4.77. The Morgan fingerprint density at radius 2 is 1.73 bits per heavy atom. The smallest absolute Gasteiger partial charge is 0.291 e. The molecule has 5 nitrogen and oxygen atoms in total. The first-order valence-corrected chi connectivity index (χ1v) is 7.08. The normalized spacial score (nSPS) is 11.0. The van der Waals surface area contributed by atoms with Crippen LogP contribution in [0, 0.1) is 5.41 Å². The molecule has 2 rings (SSSR count). The van der Waals surface area contributed by atoms with Crippen molar-refractivity contribution in [1.29, 1.82) is 0 Å². The van der Waals surface area contributed by atoms with Crippen LogP contribution < -0.4 is 10.6 Å². The summed E-state index contributed by atoms with van der Waals surface area (Å²) in [5.41, 5.74) is 1.16. The number of anilines is 2. The van der Waals surface area contributed by atoms with Gasteiger partial charge in [-0.3, -0.25) is 9.59 Å². The van der Waals surface area contributed by atoms with Gasteiger partial charge in [0, 0.05) is 17.8 Å². The average Bonchev–Trinajstić information content (AvgIpc) is 2.90. The standard InChI is InChI=1S/C17H20N2O3/c1-17(2,3)11-15(20)18-12-6-4-7-13(10-12)19-16(21)14-8-5-9-22-14/h4-10H,11H2,1-3H3,(H,18,20)(H,19,21). The van der Waals surface area contributed by atoms with Crippen LogP contribution in [0.5, 0.6) is 0 Å². The van der Waals surface area contributed by atoms with E-state index in [4.69, 9.17) is 4.42 Å². The maximum Gasteiger partial charge on any atom is 0.291 e. The summed E-state index contributed by atoms with van der Waals surface area (Å²) >= 11 is 0. The summed E-state index contributed by atoms with van der Waals surface area (Å²) in [4.78, 5) is 23.8. The molecule has 1 aromatic heterocycles. The van der Waals surface area contributed by atoms with E-state index in [1.165, 1.54) is 6.26 Å². The third-order valence-corrected chi connectivity index (χ3v) is 2.84. The molecule has 2 N–H and O–H groups in total. The summed E-state index contributed by atoms with van der Waals surface area (Å²) in [5.74, 6) is -0.146. The second-order valence-corrected chi connectivity index (χ2v) is 6.30. The predicted octanol–water partition coefficient (Wildman–Crippen LogP) is 3.91. The van der Waals surface area contributed by atoms with Gasteiger partial charge in [0.15, 0.2) is 5.76 Å². The van der Waals surface area contributed by atoms with E-state index in [1.807, 2.05) is 20.8 Å². The lowest BCUT2D eigenvalue weighted by Crippen LogP contribution is -2.19. The lowest BCUT2D eigenvalue weighted by molar-refractivity contribution is -0.117. The van der Waals surface area contributed by atoms with Crippen LogP contribution in [0.1, 0.15) is 37.7 Å². The number of hydrogen-bond donors (Lipinski definition) is 2. The number of hydrogen-bond acceptors (Lipinski definition) is 3. The molecule has 0 saturated heterocycles. The van der Waals surface area contributed by atoms with Crippen LogP contribution in [-0.4, -0.2) is 11.8 Å². The van der Waals surface area contributed by atoms with Crippen molar-refractivity contribution in [3.8, 4) is 0 Å². The number of carbonyl (C=O) groups is 2. The van der Waals surface area contributed by atoms with Crippen molar-refractivity contribution >= 4 is 23.2 Å². The largest absolute Gasteiger partial charge is 0.459 e. The van der Waals surface area contributed by atoms with E-state index in [9.17, 15) is 9.59 Å². The van der Waals surface area contributed by atoms with Crippen LogP contribution in [0.2, 0.25) is 0 Å². The molecule has 0 unspecified atom stereocenters. The summed E-state index contributed by atoms with van der Waals surface area (Å²) in [6.07, 6.45) is 1.87. The van der Waals surface area contributed by atoms with Gasteiger partial charge in [-0.15, -0.1) is 0 Å². The maximum absolute atomic E-state index is 11.9. The Labute approximate surface area is 129 Å². The molecule has 22 heavy (non-hydrogen) atoms. The minimum absolute atomic E-state index is 0.0537. The molecular weight excluding hydrogens is 280 g/mol. The van der Waals surface area contributed by atoms with Crippen molar-refractivity contribution in [2.24, 2.45) is 5.41 Å². The molecule has 2 aromatic rings. The highest BCUT2D eigenvalue weighted by Gasteiger charge is 2.16. The molecule has 0 radical (unpaired) electrons. The molecule has 0 atom stereocenters. The van der Waals surface area contributed by atoms with Gasteiger partial charge in [0.05, 0.1) is 6.26 Å². The predicted molar refractivity (Wildman–Crippen MR) is 85.8 cm³/mol. The zero-order chi connectivity index (χ0) is 16.2. The van der Waals surface area contributed by atoms with Gasteiger partial charge in [-0.1, -0.05) is 26.8 Å². The fourth-order valence-corrected chi connectivity index (χ4v) is 1.96. The topological polar surface area (TPSA) is 71.3 Å². The van der Waals surface area contributed by atoms with Gasteiger partial charge in [0.25, 0.3) is 5.91 Å². The van der Waals surface area contributed by atoms with Gasteiger partial charge >= 0.3 is 0 Å². The van der Waals surface area contributed by atoms with Crippen molar-refractivity contribution < 1.29 is 14.0 Å². The van der Waals surface area contributed by atoms with E-state index < -0.39 is 0 Å². The molecule has 0 aliphatic carbocycles. The molecule has 0 aliphatic heterocycles. The Morgan fingerprint density at radius 3 is 2.32 bits per heavy atom. The minimum Gasteiger partial charge on any atom is -0.459 e. The first kappa shape index (κ1) is 15.8. The molecule has 0 aliphatic rings. The third-order valence-electron chi connectivity index (χ3n) is 2.84. The molecule has 0 saturated carbocycles. The molecule has 1 aromatic carbocycles. The summed E-state index contributed by atoms with van der Waals surface area (Å²) in [7, 11) is 0. The average molecular weight is 300 g/mol. The second-order valence-electron chi connectivity index (χ2n) is 6.30. The zero-order valence-corrected chi connectivity index (χ0v) is 13.0. The number of rotatable bonds is 4. The molecule has 0 fully saturated rings. The molecule has 0 bridgehead atoms. The summed E-state index contributed by atoms with van der Waals surface area (Å²) in [5, 5.41) is 5.56. The van der Waals surface area contributed by atoms with Crippen molar-refractivity contribution in [3.63, 3.8) is 0 Å². The van der Waals surface area contributed by atoms with Crippen LogP contribution in [0.4, 0.5) is 11.4 Å². The van der Waals surface area contributed by atoms with Gasteiger partial charge in [0.1, 0.15) is 0 Å². The summed E-state index contributed by atoms with van der Waals surface area (Å²) in [6.45, 7) is 6.02. The Bertz CT molecular complexity index is 655. The first-order chi connectivity index (χ1) is 10.3. The number of carbonyl (C=O) groups excluding carboxylic acids is 2. The summed E-state index contributed by atoms with van der Waals surface area (Å²) < 4.78 is 5.04. The molecule has 0 spiro atoms. The summed E-state index contributed by atoms with van der Waals surface area (Å²) in [6, 6.07) is 10.2. The molecular formula is C17H20N2O3. The number of furan rings is 1. The van der Waals surface area contributed by atoms with Crippen LogP contribution in [0.25, 0.3) is 0 Å². The monoisotopic (exact) mass is 300 g/mol. The fourth-order valence-electron chi connectivity index (χ4n) is 1.96. The van der Waals surface area contributed by atoms with E-state index in [2.05, 4.69) is 10.6 Å². The van der Waals surface area contributed by atoms with Crippen LogP contribution in [0.3, 0.4) is 0 Å².